The molecule has 5 nitrogen and oxygen atoms in total. The minimum atomic E-state index is -0.511. The molecule has 0 aliphatic carbocycles. The molecule has 0 aliphatic heterocycles. The molecule has 0 aliphatic rings. The molecule has 0 spiro atoms. The van der Waals surface area contributed by atoms with E-state index in [4.69, 9.17) is 10.5 Å². The molecule has 1 amide bonds. The fourth-order valence-corrected chi connectivity index (χ4v) is 1.71. The zero-order chi connectivity index (χ0) is 16.5. The lowest BCUT2D eigenvalue weighted by molar-refractivity contribution is 0.140. The van der Waals surface area contributed by atoms with Crippen molar-refractivity contribution >= 4 is 11.9 Å². The maximum atomic E-state index is 13.0. The number of pyridine rings is 1. The third-order valence-corrected chi connectivity index (χ3v) is 2.84. The Balaban J connectivity index is 1.70. The number of aromatic nitrogens is 1. The van der Waals surface area contributed by atoms with E-state index < -0.39 is 11.9 Å². The number of nitrogen functional groups attached to an aromatic ring is 1. The minimum Gasteiger partial charge on any atom is -0.445 e. The first kappa shape index (κ1) is 16.3. The van der Waals surface area contributed by atoms with Gasteiger partial charge in [-0.3, -0.25) is 0 Å². The minimum absolute atomic E-state index is 0.175. The fourth-order valence-electron chi connectivity index (χ4n) is 1.71. The first-order valence-electron chi connectivity index (χ1n) is 6.99. The number of carbonyl (C=O) groups is 1. The van der Waals surface area contributed by atoms with Crippen molar-refractivity contribution in [3.8, 4) is 11.8 Å². The van der Waals surface area contributed by atoms with Crippen LogP contribution in [0.15, 0.2) is 42.6 Å². The summed E-state index contributed by atoms with van der Waals surface area (Å²) in [7, 11) is 0. The normalized spacial score (nSPS) is 9.61. The number of nitrogens with one attached hydrogen (secondary N) is 1. The Hall–Kier alpha value is -3.07. The van der Waals surface area contributed by atoms with Gasteiger partial charge < -0.3 is 15.8 Å². The SMILES string of the molecule is Nc1ncc(F)cc1C#CCCNC(=O)OCc1ccccc1. The summed E-state index contributed by atoms with van der Waals surface area (Å²) in [5.74, 6) is 5.19. The van der Waals surface area contributed by atoms with Crippen LogP contribution in [0.2, 0.25) is 0 Å². The molecule has 0 saturated heterocycles. The summed E-state index contributed by atoms with van der Waals surface area (Å²) < 4.78 is 18.0. The Bertz CT molecular complexity index is 724. The molecule has 1 aromatic heterocycles. The van der Waals surface area contributed by atoms with Crippen molar-refractivity contribution in [1.82, 2.24) is 10.3 Å². The number of anilines is 1. The topological polar surface area (TPSA) is 77.2 Å². The third kappa shape index (κ3) is 5.67. The number of nitrogens with two attached hydrogens (primary N) is 1. The number of rotatable bonds is 4. The summed E-state index contributed by atoms with van der Waals surface area (Å²) in [6.07, 6.45) is 0.906. The van der Waals surface area contributed by atoms with E-state index in [2.05, 4.69) is 22.1 Å². The van der Waals surface area contributed by atoms with Gasteiger partial charge in [-0.25, -0.2) is 14.2 Å². The molecular formula is C17H16FN3O2. The summed E-state index contributed by atoms with van der Waals surface area (Å²) in [4.78, 5) is 15.2. The van der Waals surface area contributed by atoms with Gasteiger partial charge in [0.2, 0.25) is 0 Å². The number of amides is 1. The summed E-state index contributed by atoms with van der Waals surface area (Å²) >= 11 is 0. The highest BCUT2D eigenvalue weighted by Gasteiger charge is 2.01. The van der Waals surface area contributed by atoms with Gasteiger partial charge in [-0.05, 0) is 11.6 Å². The number of hydrogen-bond acceptors (Lipinski definition) is 4. The van der Waals surface area contributed by atoms with Crippen molar-refractivity contribution in [2.45, 2.75) is 13.0 Å². The van der Waals surface area contributed by atoms with Gasteiger partial charge in [-0.15, -0.1) is 0 Å². The van der Waals surface area contributed by atoms with Gasteiger partial charge in [0.15, 0.2) is 0 Å². The van der Waals surface area contributed by atoms with Gasteiger partial charge in [0.05, 0.1) is 11.8 Å². The van der Waals surface area contributed by atoms with E-state index >= 15 is 0 Å². The zero-order valence-corrected chi connectivity index (χ0v) is 12.4. The van der Waals surface area contributed by atoms with E-state index in [1.165, 1.54) is 6.07 Å². The van der Waals surface area contributed by atoms with E-state index in [0.29, 0.717) is 18.5 Å². The maximum Gasteiger partial charge on any atom is 0.407 e. The van der Waals surface area contributed by atoms with Crippen LogP contribution in [-0.2, 0) is 11.3 Å². The molecule has 6 heteroatoms. The van der Waals surface area contributed by atoms with Crippen LogP contribution in [0.3, 0.4) is 0 Å². The molecule has 1 aromatic carbocycles. The van der Waals surface area contributed by atoms with Gasteiger partial charge >= 0.3 is 6.09 Å². The Labute approximate surface area is 133 Å². The van der Waals surface area contributed by atoms with Crippen LogP contribution in [0.4, 0.5) is 15.0 Å². The second-order valence-corrected chi connectivity index (χ2v) is 4.63. The fraction of sp³-hybridized carbons (Fsp3) is 0.176. The van der Waals surface area contributed by atoms with Crippen molar-refractivity contribution in [1.29, 1.82) is 0 Å². The monoisotopic (exact) mass is 313 g/mol. The van der Waals surface area contributed by atoms with E-state index in [1.807, 2.05) is 30.3 Å². The molecule has 2 rings (SSSR count). The maximum absolute atomic E-state index is 13.0. The van der Waals surface area contributed by atoms with Gasteiger partial charge in [0.1, 0.15) is 18.2 Å². The van der Waals surface area contributed by atoms with Gasteiger partial charge in [0.25, 0.3) is 0 Å². The second kappa shape index (κ2) is 8.39. The molecular weight excluding hydrogens is 297 g/mol. The predicted molar refractivity (Wildman–Crippen MR) is 84.7 cm³/mol. The molecule has 2 aromatic rings. The highest BCUT2D eigenvalue weighted by Crippen LogP contribution is 2.07. The molecule has 118 valence electrons. The molecule has 0 unspecified atom stereocenters. The lowest BCUT2D eigenvalue weighted by Gasteiger charge is -2.05. The van der Waals surface area contributed by atoms with Gasteiger partial charge in [-0.2, -0.15) is 0 Å². The Morgan fingerprint density at radius 3 is 2.91 bits per heavy atom. The molecule has 0 atom stereocenters. The number of halogens is 1. The van der Waals surface area contributed by atoms with E-state index in [9.17, 15) is 9.18 Å². The van der Waals surface area contributed by atoms with Crippen LogP contribution in [0.25, 0.3) is 0 Å². The van der Waals surface area contributed by atoms with Crippen molar-refractivity contribution in [2.24, 2.45) is 0 Å². The summed E-state index contributed by atoms with van der Waals surface area (Å²) in [6.45, 7) is 0.535. The molecule has 23 heavy (non-hydrogen) atoms. The Morgan fingerprint density at radius 1 is 1.35 bits per heavy atom. The second-order valence-electron chi connectivity index (χ2n) is 4.63. The molecule has 1 heterocycles. The molecule has 3 N–H and O–H groups in total. The van der Waals surface area contributed by atoms with Gasteiger partial charge in [0, 0.05) is 13.0 Å². The number of ether oxygens (including phenoxy) is 1. The van der Waals surface area contributed by atoms with E-state index in [0.717, 1.165) is 11.8 Å². The quantitative estimate of drug-likeness (QED) is 0.671. The molecule has 0 fully saturated rings. The van der Waals surface area contributed by atoms with Crippen molar-refractivity contribution < 1.29 is 13.9 Å². The standard InChI is InChI=1S/C17H16FN3O2/c18-15-10-14(16(19)21-11-15)8-4-5-9-20-17(22)23-12-13-6-2-1-3-7-13/h1-3,6-7,10-11H,5,9,12H2,(H2,19,21)(H,20,22). The third-order valence-electron chi connectivity index (χ3n) is 2.84. The number of benzene rings is 1. The number of nitrogens with zero attached hydrogens (tertiary/aromatic N) is 1. The number of hydrogen-bond donors (Lipinski definition) is 2. The summed E-state index contributed by atoms with van der Waals surface area (Å²) in [5, 5.41) is 2.58. The average Bonchev–Trinajstić information content (AvgIpc) is 2.56. The largest absolute Gasteiger partial charge is 0.445 e. The van der Waals surface area contributed by atoms with Crippen molar-refractivity contribution in [3.05, 3.63) is 59.5 Å². The first-order chi connectivity index (χ1) is 11.1. The zero-order valence-electron chi connectivity index (χ0n) is 12.4. The Kier molecular flexibility index (Phi) is 5.95. The van der Waals surface area contributed by atoms with Crippen LogP contribution in [0, 0.1) is 17.7 Å². The summed E-state index contributed by atoms with van der Waals surface area (Å²) in [5.41, 5.74) is 6.82. The smallest absolute Gasteiger partial charge is 0.407 e. The molecule has 0 saturated carbocycles. The number of carbonyl (C=O) groups excluding carboxylic acids is 1. The predicted octanol–water partition coefficient (Wildman–Crippen LogP) is 2.47. The lowest BCUT2D eigenvalue weighted by atomic mass is 10.2. The van der Waals surface area contributed by atoms with Crippen LogP contribution < -0.4 is 11.1 Å². The highest BCUT2D eigenvalue weighted by molar-refractivity contribution is 5.67. The lowest BCUT2D eigenvalue weighted by Crippen LogP contribution is -2.24. The van der Waals surface area contributed by atoms with Crippen LogP contribution in [0.5, 0.6) is 0 Å². The average molecular weight is 313 g/mol. The van der Waals surface area contributed by atoms with E-state index in [1.54, 1.807) is 0 Å². The van der Waals surface area contributed by atoms with Gasteiger partial charge in [-0.1, -0.05) is 42.2 Å². The van der Waals surface area contributed by atoms with Crippen molar-refractivity contribution in [2.75, 3.05) is 12.3 Å². The Morgan fingerprint density at radius 2 is 2.13 bits per heavy atom. The van der Waals surface area contributed by atoms with E-state index in [-0.39, 0.29) is 12.4 Å². The molecule has 0 radical (unpaired) electrons. The highest BCUT2D eigenvalue weighted by atomic mass is 19.1. The number of alkyl carbamates (subject to hydrolysis) is 1. The first-order valence-corrected chi connectivity index (χ1v) is 6.99. The molecule has 0 bridgehead atoms. The van der Waals surface area contributed by atoms with Crippen LogP contribution >= 0.6 is 0 Å². The van der Waals surface area contributed by atoms with Crippen LogP contribution in [0.1, 0.15) is 17.5 Å². The summed E-state index contributed by atoms with van der Waals surface area (Å²) in [6, 6.07) is 10.6. The van der Waals surface area contributed by atoms with Crippen molar-refractivity contribution in [3.63, 3.8) is 0 Å². The van der Waals surface area contributed by atoms with Crippen LogP contribution in [-0.4, -0.2) is 17.6 Å².